The first-order chi connectivity index (χ1) is 6.15. The van der Waals surface area contributed by atoms with Gasteiger partial charge in [-0.05, 0) is 12.1 Å². The van der Waals surface area contributed by atoms with Crippen LogP contribution >= 0.6 is 0 Å². The number of nitrogens with zero attached hydrogens (tertiary/aromatic N) is 1. The molecule has 0 saturated carbocycles. The van der Waals surface area contributed by atoms with Crippen molar-refractivity contribution < 1.29 is 19.8 Å². The van der Waals surface area contributed by atoms with Crippen LogP contribution in [0.4, 0.5) is 5.69 Å². The van der Waals surface area contributed by atoms with Crippen LogP contribution in [0.15, 0.2) is 23.2 Å². The molecule has 13 heavy (non-hydrogen) atoms. The molecule has 0 radical (unpaired) electrons. The van der Waals surface area contributed by atoms with Crippen LogP contribution in [0.1, 0.15) is 10.4 Å². The molecule has 5 nitrogen and oxygen atoms in total. The average Bonchev–Trinajstić information content (AvgIpc) is 2.04. The van der Waals surface area contributed by atoms with Crippen molar-refractivity contribution in [3.63, 3.8) is 0 Å². The van der Waals surface area contributed by atoms with E-state index < -0.39 is 11.7 Å². The lowest BCUT2D eigenvalue weighted by Crippen LogP contribution is -1.95. The summed E-state index contributed by atoms with van der Waals surface area (Å²) < 4.78 is 0. The molecule has 0 aliphatic heterocycles. The van der Waals surface area contributed by atoms with E-state index in [0.29, 0.717) is 0 Å². The van der Waals surface area contributed by atoms with Crippen molar-refractivity contribution >= 4 is 17.7 Å². The summed E-state index contributed by atoms with van der Waals surface area (Å²) in [5.41, 5.74) is -0.0673. The van der Waals surface area contributed by atoms with Crippen molar-refractivity contribution in [2.75, 3.05) is 0 Å². The molecule has 0 saturated heterocycles. The highest BCUT2D eigenvalue weighted by Gasteiger charge is 2.08. The van der Waals surface area contributed by atoms with E-state index in [2.05, 4.69) is 4.99 Å². The third-order valence-electron chi connectivity index (χ3n) is 1.39. The fourth-order valence-corrected chi connectivity index (χ4v) is 0.823. The fourth-order valence-electron chi connectivity index (χ4n) is 0.823. The van der Waals surface area contributed by atoms with Gasteiger partial charge in [0.05, 0.1) is 5.69 Å². The first-order valence-corrected chi connectivity index (χ1v) is 3.29. The molecule has 0 unspecified atom stereocenters. The Balaban J connectivity index is 3.19. The molecule has 0 fully saturated rings. The van der Waals surface area contributed by atoms with Gasteiger partial charge in [-0.15, -0.1) is 0 Å². The smallest absolute Gasteiger partial charge is 0.339 e. The number of rotatable bonds is 2. The maximum absolute atomic E-state index is 10.4. The molecule has 66 valence electrons. The minimum Gasteiger partial charge on any atom is -0.507 e. The first kappa shape index (κ1) is 8.96. The molecule has 1 aromatic rings. The predicted octanol–water partition coefficient (Wildman–Crippen LogP) is 1.06. The Kier molecular flexibility index (Phi) is 2.42. The highest BCUT2D eigenvalue weighted by molar-refractivity contribution is 5.91. The first-order valence-electron chi connectivity index (χ1n) is 3.29. The third kappa shape index (κ3) is 1.91. The van der Waals surface area contributed by atoms with E-state index in [1.807, 2.05) is 0 Å². The van der Waals surface area contributed by atoms with Gasteiger partial charge in [-0.2, -0.15) is 4.99 Å². The molecule has 0 spiro atoms. The molecular weight excluding hydrogens is 174 g/mol. The van der Waals surface area contributed by atoms with Crippen LogP contribution in [-0.4, -0.2) is 22.3 Å². The van der Waals surface area contributed by atoms with Gasteiger partial charge in [-0.1, -0.05) is 0 Å². The standard InChI is InChI=1S/C8H5NO4/c10-4-9-5-1-2-6(8(12)13)7(11)3-5/h1-3,11H,(H,12,13). The van der Waals surface area contributed by atoms with Gasteiger partial charge in [0, 0.05) is 6.07 Å². The molecule has 5 heteroatoms. The summed E-state index contributed by atoms with van der Waals surface area (Å²) in [4.78, 5) is 23.4. The number of carboxylic acid groups (broad SMARTS) is 1. The second-order valence-corrected chi connectivity index (χ2v) is 2.21. The lowest BCUT2D eigenvalue weighted by molar-refractivity contribution is 0.0694. The maximum atomic E-state index is 10.4. The van der Waals surface area contributed by atoms with Gasteiger partial charge in [0.2, 0.25) is 6.08 Å². The zero-order valence-electron chi connectivity index (χ0n) is 6.39. The van der Waals surface area contributed by atoms with Crippen molar-refractivity contribution in [1.29, 1.82) is 0 Å². The minimum atomic E-state index is -1.24. The number of isocyanates is 1. The fraction of sp³-hybridized carbons (Fsp3) is 0. The van der Waals surface area contributed by atoms with Crippen LogP contribution in [0.3, 0.4) is 0 Å². The van der Waals surface area contributed by atoms with Gasteiger partial charge in [0.15, 0.2) is 0 Å². The number of carbonyl (C=O) groups is 1. The Morgan fingerprint density at radius 1 is 1.46 bits per heavy atom. The molecule has 1 rings (SSSR count). The lowest BCUT2D eigenvalue weighted by Gasteiger charge is -1.98. The second kappa shape index (κ2) is 3.51. The number of carbonyl (C=O) groups excluding carboxylic acids is 1. The summed E-state index contributed by atoms with van der Waals surface area (Å²) >= 11 is 0. The number of aromatic hydroxyl groups is 1. The Bertz CT molecular complexity index is 393. The summed E-state index contributed by atoms with van der Waals surface area (Å²) in [6.45, 7) is 0. The quantitative estimate of drug-likeness (QED) is 0.524. The summed E-state index contributed by atoms with van der Waals surface area (Å²) in [6.07, 6.45) is 1.28. The topological polar surface area (TPSA) is 87.0 Å². The number of hydrogen-bond acceptors (Lipinski definition) is 4. The minimum absolute atomic E-state index is 0.164. The molecule has 0 aliphatic rings. The third-order valence-corrected chi connectivity index (χ3v) is 1.39. The van der Waals surface area contributed by atoms with Gasteiger partial charge in [0.25, 0.3) is 0 Å². The SMILES string of the molecule is O=C=Nc1ccc(C(=O)O)c(O)c1. The normalized spacial score (nSPS) is 8.92. The molecule has 0 aromatic heterocycles. The summed E-state index contributed by atoms with van der Waals surface area (Å²) in [6, 6.07) is 3.54. The Labute approximate surface area is 73.0 Å². The number of phenols is 1. The molecule has 0 atom stereocenters. The van der Waals surface area contributed by atoms with Gasteiger partial charge < -0.3 is 10.2 Å². The van der Waals surface area contributed by atoms with Crippen molar-refractivity contribution in [2.45, 2.75) is 0 Å². The Hall–Kier alpha value is -2.13. The zero-order chi connectivity index (χ0) is 9.84. The summed E-state index contributed by atoms with van der Waals surface area (Å²) in [5, 5.41) is 17.6. The van der Waals surface area contributed by atoms with Gasteiger partial charge >= 0.3 is 5.97 Å². The number of aliphatic imine (C=N–C) groups is 1. The van der Waals surface area contributed by atoms with E-state index in [-0.39, 0.29) is 11.3 Å². The zero-order valence-corrected chi connectivity index (χ0v) is 6.39. The van der Waals surface area contributed by atoms with E-state index in [9.17, 15) is 9.59 Å². The van der Waals surface area contributed by atoms with Crippen LogP contribution in [0.5, 0.6) is 5.75 Å². The van der Waals surface area contributed by atoms with Crippen molar-refractivity contribution in [1.82, 2.24) is 0 Å². The van der Waals surface area contributed by atoms with Crippen LogP contribution in [-0.2, 0) is 4.79 Å². The van der Waals surface area contributed by atoms with Crippen LogP contribution < -0.4 is 0 Å². The lowest BCUT2D eigenvalue weighted by atomic mass is 10.2. The van der Waals surface area contributed by atoms with Crippen LogP contribution in [0.25, 0.3) is 0 Å². The number of benzene rings is 1. The molecule has 0 heterocycles. The van der Waals surface area contributed by atoms with Gasteiger partial charge in [-0.25, -0.2) is 9.59 Å². The van der Waals surface area contributed by atoms with Gasteiger partial charge in [-0.3, -0.25) is 0 Å². The van der Waals surface area contributed by atoms with Gasteiger partial charge in [0.1, 0.15) is 11.3 Å². The number of hydrogen-bond donors (Lipinski definition) is 2. The Morgan fingerprint density at radius 3 is 2.62 bits per heavy atom. The van der Waals surface area contributed by atoms with E-state index in [1.165, 1.54) is 12.1 Å². The van der Waals surface area contributed by atoms with Crippen molar-refractivity contribution in [2.24, 2.45) is 4.99 Å². The average molecular weight is 179 g/mol. The predicted molar refractivity (Wildman–Crippen MR) is 42.8 cm³/mol. The maximum Gasteiger partial charge on any atom is 0.339 e. The Morgan fingerprint density at radius 2 is 2.15 bits per heavy atom. The van der Waals surface area contributed by atoms with E-state index in [4.69, 9.17) is 10.2 Å². The van der Waals surface area contributed by atoms with E-state index in [0.717, 1.165) is 12.1 Å². The monoisotopic (exact) mass is 179 g/mol. The van der Waals surface area contributed by atoms with E-state index >= 15 is 0 Å². The number of carboxylic acids is 1. The van der Waals surface area contributed by atoms with Crippen molar-refractivity contribution in [3.05, 3.63) is 23.8 Å². The molecular formula is C8H5NO4. The molecule has 0 aliphatic carbocycles. The van der Waals surface area contributed by atoms with Crippen LogP contribution in [0.2, 0.25) is 0 Å². The van der Waals surface area contributed by atoms with E-state index in [1.54, 1.807) is 0 Å². The molecule has 0 bridgehead atoms. The van der Waals surface area contributed by atoms with Crippen LogP contribution in [0, 0.1) is 0 Å². The van der Waals surface area contributed by atoms with Crippen molar-refractivity contribution in [3.8, 4) is 5.75 Å². The highest BCUT2D eigenvalue weighted by Crippen LogP contribution is 2.23. The summed E-state index contributed by atoms with van der Waals surface area (Å²) in [5.74, 6) is -1.66. The molecule has 0 amide bonds. The molecule has 2 N–H and O–H groups in total. The number of aromatic carboxylic acids is 1. The summed E-state index contributed by atoms with van der Waals surface area (Å²) in [7, 11) is 0. The largest absolute Gasteiger partial charge is 0.507 e. The second-order valence-electron chi connectivity index (χ2n) is 2.21. The molecule has 1 aromatic carbocycles. The highest BCUT2D eigenvalue weighted by atomic mass is 16.4.